The largest absolute Gasteiger partial charge is 0.497 e. The van der Waals surface area contributed by atoms with E-state index in [4.69, 9.17) is 4.74 Å². The van der Waals surface area contributed by atoms with Gasteiger partial charge in [-0.25, -0.2) is 0 Å². The Balaban J connectivity index is 1.75. The molecule has 0 aliphatic rings. The molecule has 1 heterocycles. The second-order valence-electron chi connectivity index (χ2n) is 7.38. The van der Waals surface area contributed by atoms with Gasteiger partial charge in [0.25, 0.3) is 0 Å². The second-order valence-corrected chi connectivity index (χ2v) is 8.69. The summed E-state index contributed by atoms with van der Waals surface area (Å²) in [5, 5.41) is 11.9. The average molecular weight is 439 g/mol. The van der Waals surface area contributed by atoms with Crippen molar-refractivity contribution in [2.75, 3.05) is 12.4 Å². The Hall–Kier alpha value is -3.13. The molecule has 1 N–H and O–H groups in total. The summed E-state index contributed by atoms with van der Waals surface area (Å²) in [7, 11) is 1.63. The van der Waals surface area contributed by atoms with E-state index in [1.165, 1.54) is 18.7 Å². The van der Waals surface area contributed by atoms with Gasteiger partial charge in [0.1, 0.15) is 5.75 Å². The molecule has 0 aliphatic carbocycles. The maximum absolute atomic E-state index is 12.7. The van der Waals surface area contributed by atoms with Crippen molar-refractivity contribution in [1.29, 1.82) is 0 Å². The normalized spacial score (nSPS) is 11.9. The van der Waals surface area contributed by atoms with Gasteiger partial charge in [-0.2, -0.15) is 0 Å². The Morgan fingerprint density at radius 2 is 1.65 bits per heavy atom. The van der Waals surface area contributed by atoms with Gasteiger partial charge in [-0.15, -0.1) is 10.2 Å². The number of benzene rings is 2. The monoisotopic (exact) mass is 438 g/mol. The molecule has 8 heteroatoms. The molecule has 0 spiro atoms. The molecule has 0 aliphatic heterocycles. The number of methoxy groups -OCH3 is 1. The predicted molar refractivity (Wildman–Crippen MR) is 123 cm³/mol. The molecular formula is C23H26N4O3S. The zero-order chi connectivity index (χ0) is 22.5. The van der Waals surface area contributed by atoms with Crippen LogP contribution in [0, 0.1) is 0 Å². The number of hydrogen-bond acceptors (Lipinski definition) is 6. The van der Waals surface area contributed by atoms with Gasteiger partial charge in [0.15, 0.2) is 16.8 Å². The lowest BCUT2D eigenvalue weighted by atomic mass is 10.1. The fourth-order valence-corrected chi connectivity index (χ4v) is 3.98. The Labute approximate surface area is 186 Å². The Morgan fingerprint density at radius 3 is 2.19 bits per heavy atom. The number of aromatic nitrogens is 3. The topological polar surface area (TPSA) is 86.1 Å². The van der Waals surface area contributed by atoms with E-state index in [1.54, 1.807) is 31.4 Å². The van der Waals surface area contributed by atoms with Crippen LogP contribution >= 0.6 is 11.8 Å². The van der Waals surface area contributed by atoms with E-state index in [9.17, 15) is 9.59 Å². The van der Waals surface area contributed by atoms with E-state index in [1.807, 2.05) is 35.8 Å². The lowest BCUT2D eigenvalue weighted by molar-refractivity contribution is -0.115. The van der Waals surface area contributed by atoms with Crippen molar-refractivity contribution < 1.29 is 14.3 Å². The number of anilines is 1. The highest BCUT2D eigenvalue weighted by atomic mass is 32.2. The third-order valence-corrected chi connectivity index (χ3v) is 5.80. The number of nitrogens with zero attached hydrogens (tertiary/aromatic N) is 3. The number of nitrogens with one attached hydrogen (secondary N) is 1. The van der Waals surface area contributed by atoms with Crippen LogP contribution in [0.15, 0.2) is 53.7 Å². The molecule has 7 nitrogen and oxygen atoms in total. The fraction of sp³-hybridized carbons (Fsp3) is 0.304. The van der Waals surface area contributed by atoms with E-state index in [0.29, 0.717) is 16.4 Å². The Kier molecular flexibility index (Phi) is 7.12. The van der Waals surface area contributed by atoms with Crippen molar-refractivity contribution in [2.24, 2.45) is 0 Å². The van der Waals surface area contributed by atoms with Gasteiger partial charge in [0.2, 0.25) is 5.91 Å². The molecule has 3 rings (SSSR count). The smallest absolute Gasteiger partial charge is 0.237 e. The van der Waals surface area contributed by atoms with E-state index in [0.717, 1.165) is 17.1 Å². The van der Waals surface area contributed by atoms with Crippen LogP contribution in [0.25, 0.3) is 11.4 Å². The number of carbonyl (C=O) groups excluding carboxylic acids is 2. The van der Waals surface area contributed by atoms with Crippen LogP contribution in [0.4, 0.5) is 5.69 Å². The molecule has 1 amide bonds. The molecule has 162 valence electrons. The first-order chi connectivity index (χ1) is 14.8. The second kappa shape index (κ2) is 9.78. The summed E-state index contributed by atoms with van der Waals surface area (Å²) in [6.45, 7) is 7.46. The van der Waals surface area contributed by atoms with Crippen LogP contribution < -0.4 is 10.1 Å². The molecule has 1 atom stereocenters. The number of carbonyl (C=O) groups is 2. The number of ether oxygens (including phenoxy) is 1. The molecule has 0 saturated heterocycles. The van der Waals surface area contributed by atoms with Gasteiger partial charge in [0.05, 0.1) is 12.4 Å². The number of Topliss-reactive ketones (excluding diaryl/α,β-unsaturated/α-hetero) is 1. The van der Waals surface area contributed by atoms with Crippen LogP contribution in [0.3, 0.4) is 0 Å². The Morgan fingerprint density at radius 1 is 1.00 bits per heavy atom. The standard InChI is InChI=1S/C23H26N4O3S/c1-14(2)27-21(18-8-12-20(30-5)13-9-18)25-26-23(27)31-16(4)22(29)24-19-10-6-17(7-11-19)15(3)28/h6-14,16H,1-5H3,(H,24,29)/t16-/m0/s1. The average Bonchev–Trinajstić information content (AvgIpc) is 3.17. The van der Waals surface area contributed by atoms with Crippen molar-refractivity contribution in [3.05, 3.63) is 54.1 Å². The lowest BCUT2D eigenvalue weighted by Gasteiger charge is -2.16. The molecule has 1 aromatic heterocycles. The molecule has 0 saturated carbocycles. The molecule has 0 bridgehead atoms. The SMILES string of the molecule is COc1ccc(-c2nnc(S[C@@H](C)C(=O)Nc3ccc(C(C)=O)cc3)n2C(C)C)cc1. The third-order valence-electron chi connectivity index (χ3n) is 4.74. The van der Waals surface area contributed by atoms with E-state index in [-0.39, 0.29) is 17.7 Å². The molecule has 0 unspecified atom stereocenters. The minimum Gasteiger partial charge on any atom is -0.497 e. The first-order valence-corrected chi connectivity index (χ1v) is 10.9. The highest BCUT2D eigenvalue weighted by molar-refractivity contribution is 8.00. The van der Waals surface area contributed by atoms with Gasteiger partial charge in [-0.05, 0) is 76.2 Å². The summed E-state index contributed by atoms with van der Waals surface area (Å²) < 4.78 is 7.25. The van der Waals surface area contributed by atoms with Crippen LogP contribution in [0.1, 0.15) is 44.1 Å². The molecular weight excluding hydrogens is 412 g/mol. The van der Waals surface area contributed by atoms with Crippen molar-refractivity contribution in [1.82, 2.24) is 14.8 Å². The van der Waals surface area contributed by atoms with Gasteiger partial charge in [0, 0.05) is 22.9 Å². The number of amides is 1. The quantitative estimate of drug-likeness (QED) is 0.399. The predicted octanol–water partition coefficient (Wildman–Crippen LogP) is 4.86. The number of hydrogen-bond donors (Lipinski definition) is 1. The molecule has 0 fully saturated rings. The van der Waals surface area contributed by atoms with Crippen LogP contribution in [0.5, 0.6) is 5.75 Å². The van der Waals surface area contributed by atoms with Gasteiger partial charge >= 0.3 is 0 Å². The first kappa shape index (κ1) is 22.6. The summed E-state index contributed by atoms with van der Waals surface area (Å²) in [4.78, 5) is 24.1. The Bertz CT molecular complexity index is 1060. The lowest BCUT2D eigenvalue weighted by Crippen LogP contribution is -2.23. The van der Waals surface area contributed by atoms with Crippen molar-refractivity contribution in [3.8, 4) is 17.1 Å². The van der Waals surface area contributed by atoms with E-state index < -0.39 is 5.25 Å². The number of rotatable bonds is 8. The fourth-order valence-electron chi connectivity index (χ4n) is 3.00. The maximum Gasteiger partial charge on any atom is 0.237 e. The summed E-state index contributed by atoms with van der Waals surface area (Å²) in [5.74, 6) is 1.36. The highest BCUT2D eigenvalue weighted by Crippen LogP contribution is 2.31. The van der Waals surface area contributed by atoms with Crippen LogP contribution in [-0.2, 0) is 4.79 Å². The van der Waals surface area contributed by atoms with E-state index in [2.05, 4.69) is 29.4 Å². The summed E-state index contributed by atoms with van der Waals surface area (Å²) >= 11 is 1.36. The van der Waals surface area contributed by atoms with Gasteiger partial charge in [-0.1, -0.05) is 11.8 Å². The van der Waals surface area contributed by atoms with Gasteiger partial charge < -0.3 is 10.1 Å². The van der Waals surface area contributed by atoms with E-state index >= 15 is 0 Å². The first-order valence-electron chi connectivity index (χ1n) is 9.98. The zero-order valence-corrected chi connectivity index (χ0v) is 19.1. The number of ketones is 1. The molecule has 2 aromatic carbocycles. The van der Waals surface area contributed by atoms with Crippen LogP contribution in [0.2, 0.25) is 0 Å². The highest BCUT2D eigenvalue weighted by Gasteiger charge is 2.22. The van der Waals surface area contributed by atoms with Crippen molar-refractivity contribution in [2.45, 2.75) is 44.1 Å². The molecule has 0 radical (unpaired) electrons. The summed E-state index contributed by atoms with van der Waals surface area (Å²) in [6.07, 6.45) is 0. The van der Waals surface area contributed by atoms with Crippen molar-refractivity contribution >= 4 is 29.1 Å². The van der Waals surface area contributed by atoms with Crippen LogP contribution in [-0.4, -0.2) is 38.8 Å². The molecule has 3 aromatic rings. The summed E-state index contributed by atoms with van der Waals surface area (Å²) in [5.41, 5.74) is 2.18. The number of thioether (sulfide) groups is 1. The van der Waals surface area contributed by atoms with Gasteiger partial charge in [-0.3, -0.25) is 14.2 Å². The summed E-state index contributed by atoms with van der Waals surface area (Å²) in [6, 6.07) is 14.6. The third kappa shape index (κ3) is 5.32. The minimum absolute atomic E-state index is 0.0116. The van der Waals surface area contributed by atoms with Crippen molar-refractivity contribution in [3.63, 3.8) is 0 Å². The zero-order valence-electron chi connectivity index (χ0n) is 18.2. The minimum atomic E-state index is -0.391. The maximum atomic E-state index is 12.7. The molecule has 31 heavy (non-hydrogen) atoms.